The van der Waals surface area contributed by atoms with Crippen molar-refractivity contribution in [1.29, 1.82) is 0 Å². The van der Waals surface area contributed by atoms with Gasteiger partial charge >= 0.3 is 6.09 Å². The highest BCUT2D eigenvalue weighted by Gasteiger charge is 2.18. The molecule has 1 heterocycles. The molecular weight excluding hydrogens is 174 g/mol. The molecule has 1 saturated heterocycles. The maximum Gasteiger partial charge on any atom is 0.410 e. The molecule has 5 heteroatoms. The topological polar surface area (TPSA) is 59.0 Å². The number of aliphatic hydroxyl groups is 1. The van der Waals surface area contributed by atoms with Crippen molar-refractivity contribution < 1.29 is 19.4 Å². The highest BCUT2D eigenvalue weighted by Crippen LogP contribution is 2.00. The van der Waals surface area contributed by atoms with E-state index < -0.39 is 6.10 Å². The molecule has 0 radical (unpaired) electrons. The third-order valence-corrected chi connectivity index (χ3v) is 1.72. The molecule has 5 nitrogen and oxygen atoms in total. The first-order chi connectivity index (χ1) is 6.20. The molecule has 0 aromatic rings. The maximum absolute atomic E-state index is 11.2. The van der Waals surface area contributed by atoms with Gasteiger partial charge in [-0.05, 0) is 6.92 Å². The van der Waals surface area contributed by atoms with E-state index >= 15 is 0 Å². The Morgan fingerprint density at radius 1 is 1.62 bits per heavy atom. The largest absolute Gasteiger partial charge is 0.447 e. The van der Waals surface area contributed by atoms with Crippen LogP contribution in [0.5, 0.6) is 0 Å². The van der Waals surface area contributed by atoms with Gasteiger partial charge in [0.05, 0.1) is 19.3 Å². The van der Waals surface area contributed by atoms with E-state index in [-0.39, 0.29) is 12.7 Å². The number of hydrogen-bond acceptors (Lipinski definition) is 4. The minimum Gasteiger partial charge on any atom is -0.447 e. The molecule has 76 valence electrons. The number of morpholine rings is 1. The van der Waals surface area contributed by atoms with E-state index in [0.29, 0.717) is 26.3 Å². The highest BCUT2D eigenvalue weighted by atomic mass is 16.6. The molecule has 0 aromatic heterocycles. The zero-order valence-electron chi connectivity index (χ0n) is 7.73. The zero-order chi connectivity index (χ0) is 9.68. The van der Waals surface area contributed by atoms with Gasteiger partial charge in [0.1, 0.15) is 6.61 Å². The summed E-state index contributed by atoms with van der Waals surface area (Å²) in [6.45, 7) is 3.88. The molecule has 13 heavy (non-hydrogen) atoms. The third-order valence-electron chi connectivity index (χ3n) is 1.72. The molecule has 1 rings (SSSR count). The number of carbonyl (C=O) groups is 1. The van der Waals surface area contributed by atoms with Gasteiger partial charge < -0.3 is 19.5 Å². The Morgan fingerprint density at radius 2 is 2.23 bits per heavy atom. The summed E-state index contributed by atoms with van der Waals surface area (Å²) < 4.78 is 9.90. The van der Waals surface area contributed by atoms with Crippen LogP contribution in [0.2, 0.25) is 0 Å². The summed E-state index contributed by atoms with van der Waals surface area (Å²) in [5.41, 5.74) is 0. The molecule has 1 fully saturated rings. The molecule has 1 N–H and O–H groups in total. The van der Waals surface area contributed by atoms with E-state index in [2.05, 4.69) is 0 Å². The summed E-state index contributed by atoms with van der Waals surface area (Å²) in [4.78, 5) is 12.8. The first-order valence-electron chi connectivity index (χ1n) is 4.37. The van der Waals surface area contributed by atoms with Crippen molar-refractivity contribution in [3.05, 3.63) is 0 Å². The minimum atomic E-state index is -0.606. The molecule has 0 bridgehead atoms. The quantitative estimate of drug-likeness (QED) is 0.655. The second-order valence-corrected chi connectivity index (χ2v) is 3.03. The molecule has 0 spiro atoms. The van der Waals surface area contributed by atoms with Crippen molar-refractivity contribution in [1.82, 2.24) is 4.90 Å². The lowest BCUT2D eigenvalue weighted by Gasteiger charge is -2.26. The summed E-state index contributed by atoms with van der Waals surface area (Å²) in [5, 5.41) is 8.88. The summed E-state index contributed by atoms with van der Waals surface area (Å²) in [6.07, 6.45) is -0.978. The Balaban J connectivity index is 2.21. The lowest BCUT2D eigenvalue weighted by atomic mass is 10.4. The van der Waals surface area contributed by atoms with Crippen molar-refractivity contribution in [3.8, 4) is 0 Å². The predicted molar refractivity (Wildman–Crippen MR) is 45.4 cm³/mol. The van der Waals surface area contributed by atoms with Crippen LogP contribution in [0, 0.1) is 0 Å². The average Bonchev–Trinajstić information content (AvgIpc) is 2.15. The van der Waals surface area contributed by atoms with Gasteiger partial charge in [0, 0.05) is 13.1 Å². The van der Waals surface area contributed by atoms with Gasteiger partial charge in [-0.1, -0.05) is 0 Å². The summed E-state index contributed by atoms with van der Waals surface area (Å²) >= 11 is 0. The Hall–Kier alpha value is -0.810. The fourth-order valence-electron chi connectivity index (χ4n) is 1.03. The number of rotatable bonds is 2. The van der Waals surface area contributed by atoms with E-state index in [1.165, 1.54) is 0 Å². The Kier molecular flexibility index (Phi) is 3.98. The van der Waals surface area contributed by atoms with Gasteiger partial charge in [0.2, 0.25) is 0 Å². The number of hydrogen-bond donors (Lipinski definition) is 1. The Bertz CT molecular complexity index is 166. The van der Waals surface area contributed by atoms with E-state index in [0.717, 1.165) is 0 Å². The van der Waals surface area contributed by atoms with Crippen LogP contribution in [0.1, 0.15) is 6.92 Å². The first-order valence-corrected chi connectivity index (χ1v) is 4.37. The van der Waals surface area contributed by atoms with E-state index in [1.54, 1.807) is 11.8 Å². The SMILES string of the molecule is CC(O)COC(=O)N1CCOCC1. The van der Waals surface area contributed by atoms with Gasteiger partial charge in [-0.2, -0.15) is 0 Å². The second-order valence-electron chi connectivity index (χ2n) is 3.03. The van der Waals surface area contributed by atoms with E-state index in [4.69, 9.17) is 14.6 Å². The standard InChI is InChI=1S/C8H15NO4/c1-7(10)6-13-8(11)9-2-4-12-5-3-9/h7,10H,2-6H2,1H3. The molecule has 1 aliphatic heterocycles. The van der Waals surface area contributed by atoms with Crippen LogP contribution in [0.3, 0.4) is 0 Å². The van der Waals surface area contributed by atoms with Gasteiger partial charge in [-0.25, -0.2) is 4.79 Å². The zero-order valence-corrected chi connectivity index (χ0v) is 7.73. The molecule has 1 unspecified atom stereocenters. The highest BCUT2D eigenvalue weighted by molar-refractivity contribution is 5.67. The minimum absolute atomic E-state index is 0.0518. The van der Waals surface area contributed by atoms with Crippen LogP contribution < -0.4 is 0 Å². The van der Waals surface area contributed by atoms with E-state index in [1.807, 2.05) is 0 Å². The normalized spacial score (nSPS) is 19.7. The monoisotopic (exact) mass is 189 g/mol. The molecule has 1 aliphatic rings. The number of nitrogens with zero attached hydrogens (tertiary/aromatic N) is 1. The Labute approximate surface area is 77.2 Å². The van der Waals surface area contributed by atoms with Gasteiger partial charge in [-0.15, -0.1) is 0 Å². The molecular formula is C8H15NO4. The molecule has 0 aromatic carbocycles. The van der Waals surface area contributed by atoms with Crippen molar-refractivity contribution in [2.75, 3.05) is 32.9 Å². The number of amides is 1. The third kappa shape index (κ3) is 3.61. The molecule has 1 amide bonds. The van der Waals surface area contributed by atoms with Crippen LogP contribution >= 0.6 is 0 Å². The summed E-state index contributed by atoms with van der Waals surface area (Å²) in [6, 6.07) is 0. The van der Waals surface area contributed by atoms with Crippen molar-refractivity contribution in [2.45, 2.75) is 13.0 Å². The van der Waals surface area contributed by atoms with Gasteiger partial charge in [0.15, 0.2) is 0 Å². The van der Waals surface area contributed by atoms with Crippen LogP contribution in [-0.4, -0.2) is 55.1 Å². The smallest absolute Gasteiger partial charge is 0.410 e. The average molecular weight is 189 g/mol. The van der Waals surface area contributed by atoms with E-state index in [9.17, 15) is 4.79 Å². The van der Waals surface area contributed by atoms with Crippen LogP contribution in [0.4, 0.5) is 4.79 Å². The molecule has 0 aliphatic carbocycles. The fraction of sp³-hybridized carbons (Fsp3) is 0.875. The number of carbonyl (C=O) groups excluding carboxylic acids is 1. The first kappa shape index (κ1) is 10.3. The lowest BCUT2D eigenvalue weighted by molar-refractivity contribution is 0.0138. The van der Waals surface area contributed by atoms with Crippen LogP contribution in [0.25, 0.3) is 0 Å². The predicted octanol–water partition coefficient (Wildman–Crippen LogP) is -0.164. The summed E-state index contributed by atoms with van der Waals surface area (Å²) in [5.74, 6) is 0. The van der Waals surface area contributed by atoms with Crippen molar-refractivity contribution in [2.24, 2.45) is 0 Å². The van der Waals surface area contributed by atoms with Crippen LogP contribution in [0.15, 0.2) is 0 Å². The van der Waals surface area contributed by atoms with Crippen LogP contribution in [-0.2, 0) is 9.47 Å². The van der Waals surface area contributed by atoms with Crippen molar-refractivity contribution >= 4 is 6.09 Å². The lowest BCUT2D eigenvalue weighted by Crippen LogP contribution is -2.41. The Morgan fingerprint density at radius 3 is 2.77 bits per heavy atom. The van der Waals surface area contributed by atoms with Crippen molar-refractivity contribution in [3.63, 3.8) is 0 Å². The maximum atomic E-state index is 11.2. The summed E-state index contributed by atoms with van der Waals surface area (Å²) in [7, 11) is 0. The number of aliphatic hydroxyl groups excluding tert-OH is 1. The molecule has 0 saturated carbocycles. The molecule has 1 atom stereocenters. The van der Waals surface area contributed by atoms with Gasteiger partial charge in [-0.3, -0.25) is 0 Å². The second kappa shape index (κ2) is 5.04. The number of ether oxygens (including phenoxy) is 2. The van der Waals surface area contributed by atoms with Gasteiger partial charge in [0.25, 0.3) is 0 Å². The fourth-order valence-corrected chi connectivity index (χ4v) is 1.03.